The summed E-state index contributed by atoms with van der Waals surface area (Å²) in [5.41, 5.74) is 18.4. The molecule has 5 heteroatoms. The molecule has 13 rings (SSSR count). The molecular formula is C60H52BN3O. The second-order valence-corrected chi connectivity index (χ2v) is 21.8. The molecule has 316 valence electrons. The first-order chi connectivity index (χ1) is 31.1. The summed E-state index contributed by atoms with van der Waals surface area (Å²) in [5, 5.41) is 7.55. The van der Waals surface area contributed by atoms with Crippen LogP contribution in [0.5, 0.6) is 11.5 Å². The molecule has 11 aromatic rings. The molecule has 0 atom stereocenters. The Bertz CT molecular complexity index is 3820. The van der Waals surface area contributed by atoms with Crippen LogP contribution in [0.3, 0.4) is 0 Å². The highest BCUT2D eigenvalue weighted by Gasteiger charge is 2.42. The van der Waals surface area contributed by atoms with Gasteiger partial charge in [0.05, 0.1) is 39.0 Å². The standard InChI is InChI=1S/C60H52BN3O/c1-58(2,3)35-25-27-50-43(29-35)44-30-37(60(7,8)9)32-46-56(44)64(50)52-33-38(34-54-55(52)61(46)45-31-36(59(4,5)6)26-28-53(45)65-54)62-47-21-13-12-19-41(47)42-20-16-24-51(57(42)62)63-48-22-14-10-17-39(48)40-18-11-15-23-49(40)63/h10-34H,1-9H3. The molecule has 65 heavy (non-hydrogen) atoms. The monoisotopic (exact) mass is 841 g/mol. The molecule has 8 aromatic carbocycles. The van der Waals surface area contributed by atoms with Crippen molar-refractivity contribution >= 4 is 88.5 Å². The zero-order valence-corrected chi connectivity index (χ0v) is 38.8. The Balaban J connectivity index is 1.19. The fraction of sp³-hybridized carbons (Fsp3) is 0.200. The Kier molecular flexibility index (Phi) is 7.61. The van der Waals surface area contributed by atoms with Crippen molar-refractivity contribution in [3.05, 3.63) is 168 Å². The van der Waals surface area contributed by atoms with Gasteiger partial charge in [-0.3, -0.25) is 0 Å². The number of aromatic nitrogens is 3. The molecule has 0 aliphatic carbocycles. The third-order valence-electron chi connectivity index (χ3n) is 14.7. The number of benzene rings is 8. The van der Waals surface area contributed by atoms with Crippen molar-refractivity contribution < 1.29 is 4.74 Å². The van der Waals surface area contributed by atoms with Crippen LogP contribution in [0.1, 0.15) is 79.0 Å². The van der Waals surface area contributed by atoms with E-state index in [4.69, 9.17) is 4.74 Å². The Morgan fingerprint density at radius 1 is 0.369 bits per heavy atom. The van der Waals surface area contributed by atoms with E-state index in [1.54, 1.807) is 0 Å². The van der Waals surface area contributed by atoms with Crippen LogP contribution in [-0.2, 0) is 16.2 Å². The largest absolute Gasteiger partial charge is 0.458 e. The highest BCUT2D eigenvalue weighted by atomic mass is 16.5. The molecule has 0 spiro atoms. The topological polar surface area (TPSA) is 24.0 Å². The van der Waals surface area contributed by atoms with Gasteiger partial charge < -0.3 is 18.4 Å². The lowest BCUT2D eigenvalue weighted by molar-refractivity contribution is 0.486. The lowest BCUT2D eigenvalue weighted by Gasteiger charge is -2.35. The number of para-hydroxylation sites is 4. The van der Waals surface area contributed by atoms with Crippen LogP contribution in [0.15, 0.2) is 152 Å². The zero-order valence-electron chi connectivity index (χ0n) is 38.8. The fourth-order valence-corrected chi connectivity index (χ4v) is 11.4. The normalized spacial score (nSPS) is 13.7. The van der Waals surface area contributed by atoms with Gasteiger partial charge in [-0.2, -0.15) is 0 Å². The van der Waals surface area contributed by atoms with Crippen molar-refractivity contribution in [2.24, 2.45) is 0 Å². The first kappa shape index (κ1) is 38.5. The molecule has 2 aliphatic rings. The van der Waals surface area contributed by atoms with Gasteiger partial charge in [-0.05, 0) is 104 Å². The van der Waals surface area contributed by atoms with Crippen molar-refractivity contribution in [2.45, 2.75) is 78.6 Å². The summed E-state index contributed by atoms with van der Waals surface area (Å²) < 4.78 is 14.9. The van der Waals surface area contributed by atoms with Crippen molar-refractivity contribution in [2.75, 3.05) is 0 Å². The SMILES string of the molecule is CC(C)(C)c1ccc2c(c1)B1c3c(cc(-n4c5ccccc5c5cccc(-n6c7ccccc7c7ccccc76)c54)cc3-n3c4ccc(C(C)(C)C)cc4c4cc(C(C)(C)C)cc1c43)O2. The highest BCUT2D eigenvalue weighted by Crippen LogP contribution is 2.45. The van der Waals surface area contributed by atoms with Crippen LogP contribution < -0.4 is 21.1 Å². The summed E-state index contributed by atoms with van der Waals surface area (Å²) in [6.45, 7) is 20.9. The van der Waals surface area contributed by atoms with Gasteiger partial charge in [0.25, 0.3) is 6.71 Å². The number of hydrogen-bond acceptors (Lipinski definition) is 1. The molecule has 2 aliphatic heterocycles. The maximum absolute atomic E-state index is 7.30. The van der Waals surface area contributed by atoms with Crippen LogP contribution in [-0.4, -0.2) is 20.4 Å². The lowest BCUT2D eigenvalue weighted by Crippen LogP contribution is -2.58. The molecule has 0 amide bonds. The summed E-state index contributed by atoms with van der Waals surface area (Å²) in [7, 11) is 0. The van der Waals surface area contributed by atoms with Crippen LogP contribution in [0.4, 0.5) is 0 Å². The third-order valence-corrected chi connectivity index (χ3v) is 14.7. The molecule has 3 aromatic heterocycles. The van der Waals surface area contributed by atoms with E-state index < -0.39 is 0 Å². The second-order valence-electron chi connectivity index (χ2n) is 21.8. The molecule has 5 heterocycles. The van der Waals surface area contributed by atoms with Crippen molar-refractivity contribution in [1.29, 1.82) is 0 Å². The van der Waals surface area contributed by atoms with E-state index in [0.29, 0.717) is 0 Å². The van der Waals surface area contributed by atoms with Crippen LogP contribution in [0.2, 0.25) is 0 Å². The summed E-state index contributed by atoms with van der Waals surface area (Å²) in [6, 6.07) is 57.4. The predicted octanol–water partition coefficient (Wildman–Crippen LogP) is 13.8. The Labute approximate surface area is 380 Å². The number of rotatable bonds is 2. The summed E-state index contributed by atoms with van der Waals surface area (Å²) in [4.78, 5) is 0. The van der Waals surface area contributed by atoms with E-state index in [1.165, 1.54) is 98.7 Å². The Morgan fingerprint density at radius 2 is 0.908 bits per heavy atom. The van der Waals surface area contributed by atoms with Gasteiger partial charge in [-0.25, -0.2) is 0 Å². The van der Waals surface area contributed by atoms with Gasteiger partial charge in [0, 0.05) is 49.6 Å². The lowest BCUT2D eigenvalue weighted by atomic mass is 9.34. The summed E-state index contributed by atoms with van der Waals surface area (Å²) in [6.07, 6.45) is 0. The van der Waals surface area contributed by atoms with E-state index in [-0.39, 0.29) is 23.0 Å². The van der Waals surface area contributed by atoms with Gasteiger partial charge in [0.1, 0.15) is 11.5 Å². The predicted molar refractivity (Wildman–Crippen MR) is 277 cm³/mol. The maximum Gasteiger partial charge on any atom is 0.256 e. The minimum Gasteiger partial charge on any atom is -0.458 e. The van der Waals surface area contributed by atoms with Gasteiger partial charge >= 0.3 is 0 Å². The summed E-state index contributed by atoms with van der Waals surface area (Å²) in [5.74, 6) is 1.84. The quantitative estimate of drug-likeness (QED) is 0.159. The van der Waals surface area contributed by atoms with Crippen LogP contribution in [0, 0.1) is 0 Å². The first-order valence-electron chi connectivity index (χ1n) is 23.3. The Morgan fingerprint density at radius 3 is 1.57 bits per heavy atom. The minimum atomic E-state index is -0.0560. The number of nitrogens with zero attached hydrogens (tertiary/aromatic N) is 3. The van der Waals surface area contributed by atoms with Crippen LogP contribution in [0.25, 0.3) is 82.5 Å². The Hall–Kier alpha value is -6.98. The third kappa shape index (κ3) is 5.33. The van der Waals surface area contributed by atoms with E-state index >= 15 is 0 Å². The van der Waals surface area contributed by atoms with E-state index in [0.717, 1.165) is 28.4 Å². The van der Waals surface area contributed by atoms with Gasteiger partial charge in [0.15, 0.2) is 0 Å². The van der Waals surface area contributed by atoms with E-state index in [1.807, 2.05) is 0 Å². The molecule has 0 N–H and O–H groups in total. The smallest absolute Gasteiger partial charge is 0.256 e. The van der Waals surface area contributed by atoms with E-state index in [2.05, 4.69) is 228 Å². The fourth-order valence-electron chi connectivity index (χ4n) is 11.4. The molecule has 4 nitrogen and oxygen atoms in total. The van der Waals surface area contributed by atoms with Crippen molar-refractivity contribution in [3.63, 3.8) is 0 Å². The molecule has 0 saturated heterocycles. The van der Waals surface area contributed by atoms with Crippen molar-refractivity contribution in [3.8, 4) is 28.6 Å². The number of fused-ring (bicyclic) bond motifs is 13. The molecule has 0 bridgehead atoms. The highest BCUT2D eigenvalue weighted by molar-refractivity contribution is 6.99. The minimum absolute atomic E-state index is 0.00227. The molecule has 0 radical (unpaired) electrons. The first-order valence-corrected chi connectivity index (χ1v) is 23.3. The zero-order chi connectivity index (χ0) is 44.5. The molecular weight excluding hydrogens is 789 g/mol. The average molecular weight is 842 g/mol. The second kappa shape index (κ2) is 12.8. The maximum atomic E-state index is 7.30. The molecule has 0 fully saturated rings. The van der Waals surface area contributed by atoms with Crippen LogP contribution >= 0.6 is 0 Å². The van der Waals surface area contributed by atoms with E-state index in [9.17, 15) is 0 Å². The average Bonchev–Trinajstić information content (AvgIpc) is 3.92. The number of hydrogen-bond donors (Lipinski definition) is 0. The van der Waals surface area contributed by atoms with Gasteiger partial charge in [-0.1, -0.05) is 153 Å². The molecule has 0 unspecified atom stereocenters. The number of ether oxygens (including phenoxy) is 1. The van der Waals surface area contributed by atoms with Gasteiger partial charge in [-0.15, -0.1) is 0 Å². The van der Waals surface area contributed by atoms with Crippen molar-refractivity contribution in [1.82, 2.24) is 13.7 Å². The molecule has 0 saturated carbocycles. The van der Waals surface area contributed by atoms with Gasteiger partial charge in [0.2, 0.25) is 0 Å². The summed E-state index contributed by atoms with van der Waals surface area (Å²) >= 11 is 0.